The standard InChI is InChI=1S/C16H17N3O3/c1-20-14-7-12-13(8-15(14)21-2)18-9-19-16(12)22-11-5-3-4-10(17)6-11/h3-9,13H,17H2,1-2H3,(H,18,19). The molecule has 1 aromatic carbocycles. The summed E-state index contributed by atoms with van der Waals surface area (Å²) in [5.74, 6) is 2.52. The second-order valence-corrected chi connectivity index (χ2v) is 4.77. The third-order valence-electron chi connectivity index (χ3n) is 3.37. The van der Waals surface area contributed by atoms with E-state index >= 15 is 0 Å². The van der Waals surface area contributed by atoms with Crippen LogP contribution in [0.25, 0.3) is 0 Å². The van der Waals surface area contributed by atoms with E-state index < -0.39 is 0 Å². The number of hydrogen-bond acceptors (Lipinski definition) is 6. The molecule has 1 aromatic rings. The van der Waals surface area contributed by atoms with Gasteiger partial charge in [0, 0.05) is 17.3 Å². The van der Waals surface area contributed by atoms with Crippen LogP contribution in [0.4, 0.5) is 5.69 Å². The monoisotopic (exact) mass is 299 g/mol. The van der Waals surface area contributed by atoms with Crippen molar-refractivity contribution in [2.45, 2.75) is 6.04 Å². The summed E-state index contributed by atoms with van der Waals surface area (Å²) < 4.78 is 16.5. The largest absolute Gasteiger partial charge is 0.493 e. The Morgan fingerprint density at radius 2 is 2.00 bits per heavy atom. The van der Waals surface area contributed by atoms with E-state index in [1.807, 2.05) is 24.3 Å². The summed E-state index contributed by atoms with van der Waals surface area (Å²) in [7, 11) is 3.19. The van der Waals surface area contributed by atoms with Crippen LogP contribution in [0.15, 0.2) is 64.4 Å². The summed E-state index contributed by atoms with van der Waals surface area (Å²) in [5, 5.41) is 3.02. The average molecular weight is 299 g/mol. The van der Waals surface area contributed by atoms with Gasteiger partial charge in [0.1, 0.15) is 11.8 Å². The zero-order valence-electron chi connectivity index (χ0n) is 12.4. The van der Waals surface area contributed by atoms with Crippen molar-refractivity contribution in [2.24, 2.45) is 4.99 Å². The van der Waals surface area contributed by atoms with Gasteiger partial charge in [-0.3, -0.25) is 4.99 Å². The molecule has 0 fully saturated rings. The van der Waals surface area contributed by atoms with Crippen LogP contribution in [0, 0.1) is 0 Å². The van der Waals surface area contributed by atoms with Crippen molar-refractivity contribution >= 4 is 12.0 Å². The fourth-order valence-corrected chi connectivity index (χ4v) is 2.31. The Morgan fingerprint density at radius 3 is 2.73 bits per heavy atom. The molecule has 0 aromatic heterocycles. The summed E-state index contributed by atoms with van der Waals surface area (Å²) in [4.78, 5) is 4.37. The van der Waals surface area contributed by atoms with Crippen molar-refractivity contribution in [3.05, 3.63) is 59.4 Å². The number of anilines is 1. The minimum Gasteiger partial charge on any atom is -0.493 e. The molecule has 0 saturated heterocycles. The Labute approximate surface area is 128 Å². The first-order valence-electron chi connectivity index (χ1n) is 6.79. The Hall–Kier alpha value is -2.89. The normalized spacial score (nSPS) is 19.6. The maximum absolute atomic E-state index is 5.89. The van der Waals surface area contributed by atoms with Gasteiger partial charge in [0.05, 0.1) is 20.6 Å². The molecule has 114 valence electrons. The van der Waals surface area contributed by atoms with E-state index in [9.17, 15) is 0 Å². The number of nitrogens with one attached hydrogen (secondary N) is 1. The van der Waals surface area contributed by atoms with Gasteiger partial charge in [-0.1, -0.05) is 6.07 Å². The van der Waals surface area contributed by atoms with Crippen LogP contribution in [0.1, 0.15) is 0 Å². The highest BCUT2D eigenvalue weighted by Gasteiger charge is 2.26. The zero-order chi connectivity index (χ0) is 15.5. The molecular formula is C16H17N3O3. The number of nitrogens with two attached hydrogens (primary N) is 1. The fraction of sp³-hybridized carbons (Fsp3) is 0.188. The van der Waals surface area contributed by atoms with E-state index in [1.165, 1.54) is 0 Å². The SMILES string of the molecule is COC1=CC2=C(Oc3cccc(N)c3)NC=NC2C=C1OC. The van der Waals surface area contributed by atoms with Crippen molar-refractivity contribution in [2.75, 3.05) is 20.0 Å². The van der Waals surface area contributed by atoms with Gasteiger partial charge in [-0.25, -0.2) is 0 Å². The van der Waals surface area contributed by atoms with Crippen LogP contribution in [0.5, 0.6) is 5.75 Å². The van der Waals surface area contributed by atoms with Crippen LogP contribution in [0.2, 0.25) is 0 Å². The molecule has 6 nitrogen and oxygen atoms in total. The lowest BCUT2D eigenvalue weighted by Gasteiger charge is -2.25. The van der Waals surface area contributed by atoms with Crippen LogP contribution in [-0.2, 0) is 9.47 Å². The number of benzene rings is 1. The van der Waals surface area contributed by atoms with E-state index in [1.54, 1.807) is 32.7 Å². The van der Waals surface area contributed by atoms with E-state index in [4.69, 9.17) is 19.9 Å². The Bertz CT molecular complexity index is 704. The van der Waals surface area contributed by atoms with Crippen LogP contribution < -0.4 is 15.8 Å². The molecule has 6 heteroatoms. The molecule has 0 bridgehead atoms. The van der Waals surface area contributed by atoms with Gasteiger partial charge in [0.2, 0.25) is 5.88 Å². The Kier molecular flexibility index (Phi) is 3.74. The smallest absolute Gasteiger partial charge is 0.204 e. The maximum atomic E-state index is 5.89. The second-order valence-electron chi connectivity index (χ2n) is 4.77. The van der Waals surface area contributed by atoms with Gasteiger partial charge in [0.25, 0.3) is 0 Å². The molecular weight excluding hydrogens is 282 g/mol. The van der Waals surface area contributed by atoms with Gasteiger partial charge >= 0.3 is 0 Å². The highest BCUT2D eigenvalue weighted by Crippen LogP contribution is 2.29. The fourth-order valence-electron chi connectivity index (χ4n) is 2.31. The van der Waals surface area contributed by atoms with Crippen LogP contribution in [0.3, 0.4) is 0 Å². The third-order valence-corrected chi connectivity index (χ3v) is 3.37. The number of methoxy groups -OCH3 is 2. The van der Waals surface area contributed by atoms with Gasteiger partial charge in [-0.05, 0) is 24.3 Å². The van der Waals surface area contributed by atoms with Crippen molar-refractivity contribution in [1.29, 1.82) is 0 Å². The number of hydrogen-bond donors (Lipinski definition) is 2. The molecule has 1 unspecified atom stereocenters. The van der Waals surface area contributed by atoms with Crippen LogP contribution in [-0.4, -0.2) is 26.6 Å². The Morgan fingerprint density at radius 1 is 1.18 bits per heavy atom. The molecule has 1 heterocycles. The third kappa shape index (κ3) is 2.63. The average Bonchev–Trinajstić information content (AvgIpc) is 2.54. The maximum Gasteiger partial charge on any atom is 0.204 e. The summed E-state index contributed by atoms with van der Waals surface area (Å²) in [5.41, 5.74) is 7.28. The molecule has 0 spiro atoms. The number of ether oxygens (including phenoxy) is 3. The molecule has 1 aliphatic carbocycles. The van der Waals surface area contributed by atoms with E-state index in [0.29, 0.717) is 28.8 Å². The lowest BCUT2D eigenvalue weighted by atomic mass is 10.00. The molecule has 1 aliphatic heterocycles. The summed E-state index contributed by atoms with van der Waals surface area (Å²) in [6, 6.07) is 7.07. The number of nitrogens with zero attached hydrogens (tertiary/aromatic N) is 1. The number of nitrogen functional groups attached to an aromatic ring is 1. The first-order chi connectivity index (χ1) is 10.7. The van der Waals surface area contributed by atoms with Gasteiger partial charge in [0.15, 0.2) is 11.5 Å². The van der Waals surface area contributed by atoms with Gasteiger partial charge < -0.3 is 25.3 Å². The molecule has 2 aliphatic rings. The molecule has 3 rings (SSSR count). The summed E-state index contributed by atoms with van der Waals surface area (Å²) in [6.45, 7) is 0. The van der Waals surface area contributed by atoms with Crippen molar-refractivity contribution in [3.8, 4) is 5.75 Å². The van der Waals surface area contributed by atoms with Crippen molar-refractivity contribution in [3.63, 3.8) is 0 Å². The predicted molar refractivity (Wildman–Crippen MR) is 84.1 cm³/mol. The molecule has 0 amide bonds. The minimum atomic E-state index is -0.175. The van der Waals surface area contributed by atoms with Gasteiger partial charge in [-0.2, -0.15) is 0 Å². The predicted octanol–water partition coefficient (Wildman–Crippen LogP) is 1.93. The molecule has 0 saturated carbocycles. The zero-order valence-corrected chi connectivity index (χ0v) is 12.4. The summed E-state index contributed by atoms with van der Waals surface area (Å²) in [6.07, 6.45) is 5.34. The molecule has 0 radical (unpaired) electrons. The van der Waals surface area contributed by atoms with E-state index in [0.717, 1.165) is 5.57 Å². The first kappa shape index (κ1) is 14.1. The lowest BCUT2D eigenvalue weighted by molar-refractivity contribution is 0.216. The van der Waals surface area contributed by atoms with E-state index in [-0.39, 0.29) is 6.04 Å². The van der Waals surface area contributed by atoms with E-state index in [2.05, 4.69) is 10.3 Å². The summed E-state index contributed by atoms with van der Waals surface area (Å²) >= 11 is 0. The van der Waals surface area contributed by atoms with Crippen LogP contribution >= 0.6 is 0 Å². The Balaban J connectivity index is 1.95. The number of rotatable bonds is 4. The second kappa shape index (κ2) is 5.85. The topological polar surface area (TPSA) is 78.1 Å². The lowest BCUT2D eigenvalue weighted by Crippen LogP contribution is -2.29. The van der Waals surface area contributed by atoms with Gasteiger partial charge in [-0.15, -0.1) is 0 Å². The van der Waals surface area contributed by atoms with Crippen molar-refractivity contribution in [1.82, 2.24) is 5.32 Å². The van der Waals surface area contributed by atoms with Crippen molar-refractivity contribution < 1.29 is 14.2 Å². The molecule has 3 N–H and O–H groups in total. The number of aliphatic imine (C=N–C) groups is 1. The quantitative estimate of drug-likeness (QED) is 0.831. The minimum absolute atomic E-state index is 0.175. The number of fused-ring (bicyclic) bond motifs is 1. The molecule has 22 heavy (non-hydrogen) atoms. The molecule has 1 atom stereocenters. The highest BCUT2D eigenvalue weighted by molar-refractivity contribution is 5.64. The highest BCUT2D eigenvalue weighted by atomic mass is 16.5. The first-order valence-corrected chi connectivity index (χ1v) is 6.79.